The van der Waals surface area contributed by atoms with Crippen molar-refractivity contribution in [2.75, 3.05) is 6.61 Å². The van der Waals surface area contributed by atoms with Crippen LogP contribution in [-0.2, 0) is 0 Å². The predicted molar refractivity (Wildman–Crippen MR) is 65.8 cm³/mol. The molecule has 0 aromatic heterocycles. The number of hydrogen-bond acceptors (Lipinski definition) is 5. The van der Waals surface area contributed by atoms with Crippen molar-refractivity contribution in [3.05, 3.63) is 42.5 Å². The molecule has 1 fully saturated rings. The summed E-state index contributed by atoms with van der Waals surface area (Å²) in [4.78, 5) is 0. The average molecular weight is 230 g/mol. The molecule has 0 unspecified atom stereocenters. The zero-order chi connectivity index (χ0) is 11.5. The Morgan fingerprint density at radius 3 is 2.59 bits per heavy atom. The Morgan fingerprint density at radius 2 is 1.71 bits per heavy atom. The Labute approximate surface area is 99.1 Å². The van der Waals surface area contributed by atoms with Crippen molar-refractivity contribution in [1.82, 2.24) is 21.9 Å². The van der Waals surface area contributed by atoms with Crippen molar-refractivity contribution in [2.45, 2.75) is 6.17 Å². The number of nitrogens with one attached hydrogen (secondary N) is 4. The quantitative estimate of drug-likeness (QED) is 0.624. The first kappa shape index (κ1) is 10.5. The summed E-state index contributed by atoms with van der Waals surface area (Å²) in [6, 6.07) is 14.3. The molecule has 3 rings (SSSR count). The van der Waals surface area contributed by atoms with Gasteiger partial charge in [-0.1, -0.05) is 36.4 Å². The molecule has 2 aromatic carbocycles. The molecule has 0 radical (unpaired) electrons. The SMILES string of the molecule is c1ccc2c(OCC3NNNN3)cccc2c1. The van der Waals surface area contributed by atoms with E-state index in [1.54, 1.807) is 0 Å². The summed E-state index contributed by atoms with van der Waals surface area (Å²) in [6.07, 6.45) is 0.0500. The van der Waals surface area contributed by atoms with Gasteiger partial charge in [0, 0.05) is 5.39 Å². The van der Waals surface area contributed by atoms with Crippen LogP contribution in [0.25, 0.3) is 10.8 Å². The summed E-state index contributed by atoms with van der Waals surface area (Å²) in [6.45, 7) is 0.536. The van der Waals surface area contributed by atoms with Gasteiger partial charge in [0.15, 0.2) is 0 Å². The molecule has 1 saturated heterocycles. The van der Waals surface area contributed by atoms with Crippen molar-refractivity contribution in [2.24, 2.45) is 0 Å². The zero-order valence-corrected chi connectivity index (χ0v) is 9.23. The molecule has 2 aromatic rings. The van der Waals surface area contributed by atoms with Gasteiger partial charge in [0.2, 0.25) is 0 Å². The molecule has 0 spiro atoms. The van der Waals surface area contributed by atoms with E-state index in [1.165, 1.54) is 5.39 Å². The highest BCUT2D eigenvalue weighted by molar-refractivity contribution is 5.88. The second-order valence-electron chi connectivity index (χ2n) is 3.88. The first-order chi connectivity index (χ1) is 8.43. The van der Waals surface area contributed by atoms with Crippen LogP contribution in [0.1, 0.15) is 0 Å². The van der Waals surface area contributed by atoms with Crippen molar-refractivity contribution < 1.29 is 4.74 Å². The van der Waals surface area contributed by atoms with Gasteiger partial charge in [-0.3, -0.25) is 0 Å². The predicted octanol–water partition coefficient (Wildman–Crippen LogP) is 0.662. The van der Waals surface area contributed by atoms with Crippen LogP contribution in [0.5, 0.6) is 5.75 Å². The molecule has 4 N–H and O–H groups in total. The summed E-state index contributed by atoms with van der Waals surface area (Å²) in [7, 11) is 0. The summed E-state index contributed by atoms with van der Waals surface area (Å²) in [5.74, 6) is 0.901. The first-order valence-corrected chi connectivity index (χ1v) is 5.55. The fraction of sp³-hybridized carbons (Fsp3) is 0.167. The maximum Gasteiger partial charge on any atom is 0.127 e. The lowest BCUT2D eigenvalue weighted by Gasteiger charge is -2.12. The van der Waals surface area contributed by atoms with Crippen LogP contribution in [0.15, 0.2) is 42.5 Å². The highest BCUT2D eigenvalue weighted by atomic mass is 16.5. The van der Waals surface area contributed by atoms with Crippen molar-refractivity contribution in [1.29, 1.82) is 0 Å². The smallest absolute Gasteiger partial charge is 0.127 e. The van der Waals surface area contributed by atoms with Gasteiger partial charge >= 0.3 is 0 Å². The van der Waals surface area contributed by atoms with Crippen LogP contribution in [0.4, 0.5) is 0 Å². The minimum absolute atomic E-state index is 0.0500. The minimum atomic E-state index is 0.0500. The topological polar surface area (TPSA) is 57.4 Å². The van der Waals surface area contributed by atoms with Crippen LogP contribution >= 0.6 is 0 Å². The molecular weight excluding hydrogens is 216 g/mol. The number of benzene rings is 2. The summed E-state index contributed by atoms with van der Waals surface area (Å²) in [5.41, 5.74) is 11.5. The molecule has 5 heteroatoms. The summed E-state index contributed by atoms with van der Waals surface area (Å²) >= 11 is 0. The molecule has 0 saturated carbocycles. The number of fused-ring (bicyclic) bond motifs is 1. The normalized spacial score (nSPS) is 16.5. The largest absolute Gasteiger partial charge is 0.490 e. The molecule has 1 aliphatic heterocycles. The van der Waals surface area contributed by atoms with Gasteiger partial charge in [0.1, 0.15) is 18.5 Å². The van der Waals surface area contributed by atoms with Crippen molar-refractivity contribution in [3.8, 4) is 5.75 Å². The van der Waals surface area contributed by atoms with Gasteiger partial charge in [-0.25, -0.2) is 10.9 Å². The van der Waals surface area contributed by atoms with E-state index in [4.69, 9.17) is 4.74 Å². The standard InChI is InChI=1S/C12H14N4O/c1-2-6-10-9(4-1)5-3-7-11(10)17-8-12-13-15-16-14-12/h1-7,12-16H,8H2. The fourth-order valence-electron chi connectivity index (χ4n) is 1.86. The van der Waals surface area contributed by atoms with E-state index >= 15 is 0 Å². The fourth-order valence-corrected chi connectivity index (χ4v) is 1.86. The van der Waals surface area contributed by atoms with E-state index in [0.29, 0.717) is 6.61 Å². The molecule has 0 amide bonds. The van der Waals surface area contributed by atoms with Gasteiger partial charge in [0.05, 0.1) is 0 Å². The Hall–Kier alpha value is -1.66. The Balaban J connectivity index is 1.79. The van der Waals surface area contributed by atoms with E-state index in [-0.39, 0.29) is 6.17 Å². The maximum atomic E-state index is 5.80. The molecule has 17 heavy (non-hydrogen) atoms. The van der Waals surface area contributed by atoms with Crippen molar-refractivity contribution in [3.63, 3.8) is 0 Å². The minimum Gasteiger partial charge on any atom is -0.490 e. The second kappa shape index (κ2) is 4.68. The summed E-state index contributed by atoms with van der Waals surface area (Å²) < 4.78 is 5.80. The second-order valence-corrected chi connectivity index (χ2v) is 3.88. The Morgan fingerprint density at radius 1 is 0.941 bits per heavy atom. The highest BCUT2D eigenvalue weighted by Gasteiger charge is 2.13. The average Bonchev–Trinajstić information content (AvgIpc) is 2.89. The van der Waals surface area contributed by atoms with Gasteiger partial charge in [-0.15, -0.1) is 0 Å². The van der Waals surface area contributed by atoms with Gasteiger partial charge < -0.3 is 4.74 Å². The molecular formula is C12H14N4O. The van der Waals surface area contributed by atoms with Gasteiger partial charge in [-0.2, -0.15) is 11.1 Å². The zero-order valence-electron chi connectivity index (χ0n) is 9.23. The summed E-state index contributed by atoms with van der Waals surface area (Å²) in [5, 5.41) is 2.32. The van der Waals surface area contributed by atoms with E-state index in [9.17, 15) is 0 Å². The van der Waals surface area contributed by atoms with Gasteiger partial charge in [0.25, 0.3) is 0 Å². The molecule has 0 bridgehead atoms. The lowest BCUT2D eigenvalue weighted by Crippen LogP contribution is -2.39. The van der Waals surface area contributed by atoms with E-state index in [0.717, 1.165) is 11.1 Å². The van der Waals surface area contributed by atoms with Crippen LogP contribution in [0, 0.1) is 0 Å². The maximum absolute atomic E-state index is 5.80. The molecule has 1 heterocycles. The van der Waals surface area contributed by atoms with Gasteiger partial charge in [-0.05, 0) is 11.5 Å². The van der Waals surface area contributed by atoms with Crippen LogP contribution in [-0.4, -0.2) is 12.8 Å². The van der Waals surface area contributed by atoms with Crippen LogP contribution < -0.4 is 26.7 Å². The van der Waals surface area contributed by atoms with Crippen LogP contribution in [0.2, 0.25) is 0 Å². The van der Waals surface area contributed by atoms with E-state index in [1.807, 2.05) is 24.3 Å². The third-order valence-electron chi connectivity index (χ3n) is 2.71. The monoisotopic (exact) mass is 230 g/mol. The van der Waals surface area contributed by atoms with E-state index in [2.05, 4.69) is 40.1 Å². The number of ether oxygens (including phenoxy) is 1. The molecule has 1 aliphatic rings. The lowest BCUT2D eigenvalue weighted by atomic mass is 10.1. The van der Waals surface area contributed by atoms with E-state index < -0.39 is 0 Å². The van der Waals surface area contributed by atoms with Crippen LogP contribution in [0.3, 0.4) is 0 Å². The van der Waals surface area contributed by atoms with Crippen molar-refractivity contribution >= 4 is 10.8 Å². The molecule has 0 atom stereocenters. The highest BCUT2D eigenvalue weighted by Crippen LogP contribution is 2.24. The molecule has 0 aliphatic carbocycles. The molecule has 88 valence electrons. The third-order valence-corrected chi connectivity index (χ3v) is 2.71. The third kappa shape index (κ3) is 2.22. The first-order valence-electron chi connectivity index (χ1n) is 5.55. The number of hydrogen-bond donors (Lipinski definition) is 4. The lowest BCUT2D eigenvalue weighted by molar-refractivity contribution is 0.263. The number of hydrazine groups is 3. The number of rotatable bonds is 3. The Bertz CT molecular complexity index is 505. The molecule has 5 nitrogen and oxygen atoms in total. The Kier molecular flexibility index (Phi) is 2.89.